The summed E-state index contributed by atoms with van der Waals surface area (Å²) < 4.78 is 32.7. The van der Waals surface area contributed by atoms with E-state index in [0.29, 0.717) is 23.5 Å². The second-order valence-corrected chi connectivity index (χ2v) is 7.73. The molecule has 0 aliphatic carbocycles. The van der Waals surface area contributed by atoms with E-state index < -0.39 is 18.2 Å². The number of hydrogen-bond acceptors (Lipinski definition) is 7. The Labute approximate surface area is 190 Å². The Morgan fingerprint density at radius 3 is 2.30 bits per heavy atom. The van der Waals surface area contributed by atoms with Crippen LogP contribution < -0.4 is 11.1 Å². The van der Waals surface area contributed by atoms with Gasteiger partial charge in [-0.1, -0.05) is 12.1 Å². The number of nitrogens with two attached hydrogens (primary N) is 1. The molecule has 1 unspecified atom stereocenters. The van der Waals surface area contributed by atoms with Crippen molar-refractivity contribution in [3.8, 4) is 0 Å². The van der Waals surface area contributed by atoms with Crippen molar-refractivity contribution in [1.82, 2.24) is 15.3 Å². The van der Waals surface area contributed by atoms with Crippen LogP contribution in [0, 0.1) is 0 Å². The molecule has 0 fully saturated rings. The molecule has 0 saturated carbocycles. The van der Waals surface area contributed by atoms with Gasteiger partial charge in [-0.25, -0.2) is 9.78 Å². The molecule has 0 spiro atoms. The Morgan fingerprint density at radius 2 is 1.73 bits per heavy atom. The number of aliphatic carboxylic acids is 1. The van der Waals surface area contributed by atoms with Gasteiger partial charge in [0, 0.05) is 18.0 Å². The number of ketones is 1. The van der Waals surface area contributed by atoms with E-state index in [2.05, 4.69) is 15.3 Å². The van der Waals surface area contributed by atoms with Gasteiger partial charge in [0.25, 0.3) is 5.91 Å². The number of pyridine rings is 1. The number of amides is 1. The quantitative estimate of drug-likeness (QED) is 0.331. The molecule has 33 heavy (non-hydrogen) atoms. The van der Waals surface area contributed by atoms with Crippen LogP contribution in [0.15, 0.2) is 48.8 Å². The van der Waals surface area contributed by atoms with Gasteiger partial charge in [0.15, 0.2) is 5.01 Å². The monoisotopic (exact) mass is 482 g/mol. The summed E-state index contributed by atoms with van der Waals surface area (Å²) in [5.74, 6) is -3.21. The van der Waals surface area contributed by atoms with E-state index in [1.54, 1.807) is 24.5 Å². The number of benzene rings is 1. The largest absolute Gasteiger partial charge is 0.490 e. The third-order valence-electron chi connectivity index (χ3n) is 4.26. The van der Waals surface area contributed by atoms with Crippen LogP contribution in [0.3, 0.4) is 0 Å². The van der Waals surface area contributed by atoms with Crippen LogP contribution in [-0.2, 0) is 4.79 Å². The lowest BCUT2D eigenvalue weighted by atomic mass is 10.0. The number of hydrogen-bond donors (Lipinski definition) is 3. The van der Waals surface area contributed by atoms with Gasteiger partial charge in [0.2, 0.25) is 5.78 Å². The van der Waals surface area contributed by atoms with Crippen LogP contribution in [-0.4, -0.2) is 51.5 Å². The maximum Gasteiger partial charge on any atom is 0.490 e. The van der Waals surface area contributed by atoms with E-state index in [1.165, 1.54) is 11.3 Å². The number of carboxylic acid groups (broad SMARTS) is 1. The average molecular weight is 482 g/mol. The highest BCUT2D eigenvalue weighted by atomic mass is 32.1. The van der Waals surface area contributed by atoms with Crippen LogP contribution in [0.1, 0.15) is 39.4 Å². The molecular formula is C21H21F3N4O4S. The first kappa shape index (κ1) is 25.9. The zero-order chi connectivity index (χ0) is 24.4. The van der Waals surface area contributed by atoms with Gasteiger partial charge in [0.1, 0.15) is 0 Å². The molecule has 176 valence electrons. The normalized spacial score (nSPS) is 11.9. The van der Waals surface area contributed by atoms with Crippen LogP contribution in [0.4, 0.5) is 13.2 Å². The number of nitrogens with zero attached hydrogens (tertiary/aromatic N) is 2. The summed E-state index contributed by atoms with van der Waals surface area (Å²) in [6.45, 7) is 0.556. The molecule has 3 rings (SSSR count). The van der Waals surface area contributed by atoms with Crippen molar-refractivity contribution in [3.63, 3.8) is 0 Å². The summed E-state index contributed by atoms with van der Waals surface area (Å²) >= 11 is 1.35. The maximum atomic E-state index is 13.0. The first-order valence-corrected chi connectivity index (χ1v) is 10.6. The third-order valence-corrected chi connectivity index (χ3v) is 5.31. The molecule has 4 N–H and O–H groups in total. The zero-order valence-electron chi connectivity index (χ0n) is 17.2. The molecule has 0 saturated heterocycles. The molecule has 8 nitrogen and oxygen atoms in total. The van der Waals surface area contributed by atoms with Crippen LogP contribution in [0.5, 0.6) is 0 Å². The lowest BCUT2D eigenvalue weighted by Gasteiger charge is -2.16. The molecule has 1 atom stereocenters. The SMILES string of the molecule is NCCCCC(NC(=O)c1ccncc1)C(=O)c1nc2ccccc2s1.O=C(O)C(F)(F)F. The molecule has 2 aromatic heterocycles. The number of rotatable bonds is 8. The van der Waals surface area contributed by atoms with E-state index in [0.717, 1.165) is 23.1 Å². The predicted molar refractivity (Wildman–Crippen MR) is 116 cm³/mol. The van der Waals surface area contributed by atoms with Crippen molar-refractivity contribution in [2.45, 2.75) is 31.5 Å². The first-order chi connectivity index (χ1) is 15.6. The zero-order valence-corrected chi connectivity index (χ0v) is 18.0. The lowest BCUT2D eigenvalue weighted by Crippen LogP contribution is -2.41. The Kier molecular flexibility index (Phi) is 9.43. The average Bonchev–Trinajstić information content (AvgIpc) is 3.22. The Bertz CT molecular complexity index is 1060. The number of para-hydroxylation sites is 1. The number of fused-ring (bicyclic) bond motifs is 1. The summed E-state index contributed by atoms with van der Waals surface area (Å²) in [5.41, 5.74) is 6.82. The van der Waals surface area contributed by atoms with Crippen molar-refractivity contribution in [2.75, 3.05) is 6.54 Å². The number of aromatic nitrogens is 2. The summed E-state index contributed by atoms with van der Waals surface area (Å²) in [6.07, 6.45) is 0.105. The molecular weight excluding hydrogens is 461 g/mol. The van der Waals surface area contributed by atoms with Crippen molar-refractivity contribution in [1.29, 1.82) is 0 Å². The minimum absolute atomic E-state index is 0.161. The summed E-state index contributed by atoms with van der Waals surface area (Å²) in [6, 6.07) is 10.2. The van der Waals surface area contributed by atoms with Crippen molar-refractivity contribution >= 4 is 39.2 Å². The number of unbranched alkanes of at least 4 members (excludes halogenated alkanes) is 1. The molecule has 0 bridgehead atoms. The number of carboxylic acids is 1. The molecule has 12 heteroatoms. The number of halogens is 3. The fourth-order valence-corrected chi connectivity index (χ4v) is 3.59. The molecule has 1 aromatic carbocycles. The highest BCUT2D eigenvalue weighted by Gasteiger charge is 2.38. The fraction of sp³-hybridized carbons (Fsp3) is 0.286. The molecule has 0 radical (unpaired) electrons. The Balaban J connectivity index is 0.000000479. The van der Waals surface area contributed by atoms with Gasteiger partial charge >= 0.3 is 12.1 Å². The number of alkyl halides is 3. The minimum Gasteiger partial charge on any atom is -0.475 e. The molecule has 2 heterocycles. The predicted octanol–water partition coefficient (Wildman–Crippen LogP) is 3.43. The van der Waals surface area contributed by atoms with Crippen LogP contribution in [0.25, 0.3) is 10.2 Å². The van der Waals surface area contributed by atoms with Gasteiger partial charge in [-0.15, -0.1) is 11.3 Å². The Morgan fingerprint density at radius 1 is 1.09 bits per heavy atom. The lowest BCUT2D eigenvalue weighted by molar-refractivity contribution is -0.192. The molecule has 0 aliphatic heterocycles. The van der Waals surface area contributed by atoms with E-state index in [4.69, 9.17) is 15.6 Å². The van der Waals surface area contributed by atoms with Gasteiger partial charge < -0.3 is 16.2 Å². The summed E-state index contributed by atoms with van der Waals surface area (Å²) in [7, 11) is 0. The maximum absolute atomic E-state index is 13.0. The number of carbonyl (C=O) groups excluding carboxylic acids is 2. The molecule has 1 amide bonds. The first-order valence-electron chi connectivity index (χ1n) is 9.74. The highest BCUT2D eigenvalue weighted by Crippen LogP contribution is 2.23. The van der Waals surface area contributed by atoms with Gasteiger partial charge in [-0.3, -0.25) is 14.6 Å². The van der Waals surface area contributed by atoms with E-state index in [-0.39, 0.29) is 11.7 Å². The number of carbonyl (C=O) groups is 3. The van der Waals surface area contributed by atoms with Gasteiger partial charge in [-0.2, -0.15) is 13.2 Å². The van der Waals surface area contributed by atoms with Crippen molar-refractivity contribution in [2.24, 2.45) is 5.73 Å². The van der Waals surface area contributed by atoms with Gasteiger partial charge in [0.05, 0.1) is 16.3 Å². The molecule has 3 aromatic rings. The second-order valence-electron chi connectivity index (χ2n) is 6.70. The minimum atomic E-state index is -5.08. The third kappa shape index (κ3) is 7.91. The standard InChI is InChI=1S/C19H20N4O2S.C2HF3O2/c20-10-4-3-6-15(22-18(25)13-8-11-21-12-9-13)17(24)19-23-14-5-1-2-7-16(14)26-19;3-2(4,5)1(6)7/h1-2,5,7-9,11-12,15H,3-4,6,10,20H2,(H,22,25);(H,6,7). The number of thiazole rings is 1. The van der Waals surface area contributed by atoms with Gasteiger partial charge in [-0.05, 0) is 50.1 Å². The molecule has 0 aliphatic rings. The Hall–Kier alpha value is -3.38. The topological polar surface area (TPSA) is 135 Å². The van der Waals surface area contributed by atoms with E-state index in [9.17, 15) is 22.8 Å². The fourth-order valence-electron chi connectivity index (χ4n) is 2.63. The van der Waals surface area contributed by atoms with E-state index >= 15 is 0 Å². The van der Waals surface area contributed by atoms with Crippen LogP contribution >= 0.6 is 11.3 Å². The smallest absolute Gasteiger partial charge is 0.475 e. The van der Waals surface area contributed by atoms with E-state index in [1.807, 2.05) is 24.3 Å². The number of nitrogens with one attached hydrogen (secondary N) is 1. The van der Waals surface area contributed by atoms with Crippen molar-refractivity contribution in [3.05, 3.63) is 59.4 Å². The van der Waals surface area contributed by atoms with Crippen LogP contribution in [0.2, 0.25) is 0 Å². The summed E-state index contributed by atoms with van der Waals surface area (Å²) in [4.78, 5) is 42.7. The second kappa shape index (κ2) is 12.0. The summed E-state index contributed by atoms with van der Waals surface area (Å²) in [5, 5.41) is 10.4. The van der Waals surface area contributed by atoms with Crippen molar-refractivity contribution < 1.29 is 32.7 Å². The highest BCUT2D eigenvalue weighted by molar-refractivity contribution is 7.20. The number of Topliss-reactive ketones (excluding diaryl/α,β-unsaturated/α-hetero) is 1.